The van der Waals surface area contributed by atoms with Gasteiger partial charge < -0.3 is 15.0 Å². The number of nitrogens with two attached hydrogens (primary N) is 1. The predicted octanol–water partition coefficient (Wildman–Crippen LogP) is 2.41. The lowest BCUT2D eigenvalue weighted by atomic mass is 10.1. The van der Waals surface area contributed by atoms with Gasteiger partial charge in [-0.15, -0.1) is 0 Å². The molecule has 1 unspecified atom stereocenters. The molecule has 1 atom stereocenters. The van der Waals surface area contributed by atoms with E-state index in [4.69, 9.17) is 15.0 Å². The first-order chi connectivity index (χ1) is 10.3. The molecule has 0 spiro atoms. The van der Waals surface area contributed by atoms with Gasteiger partial charge in [0.15, 0.2) is 0 Å². The first-order valence-electron chi connectivity index (χ1n) is 6.85. The molecule has 2 aromatic carbocycles. The van der Waals surface area contributed by atoms with Crippen LogP contribution in [-0.4, -0.2) is 29.9 Å². The van der Waals surface area contributed by atoms with Crippen molar-refractivity contribution in [1.29, 1.82) is 0 Å². The number of ether oxygens (including phenoxy) is 1. The van der Waals surface area contributed by atoms with Crippen LogP contribution in [0.15, 0.2) is 47.0 Å². The van der Waals surface area contributed by atoms with Gasteiger partial charge in [-0.1, -0.05) is 41.6 Å². The molecule has 3 rings (SSSR count). The molecule has 1 aromatic heterocycles. The summed E-state index contributed by atoms with van der Waals surface area (Å²) in [5, 5.41) is 6.37. The van der Waals surface area contributed by atoms with Crippen molar-refractivity contribution in [2.75, 3.05) is 13.7 Å². The maximum atomic E-state index is 5.60. The third kappa shape index (κ3) is 2.94. The molecular weight excluding hydrogens is 266 g/mol. The maximum Gasteiger partial charge on any atom is 0.229 e. The zero-order valence-electron chi connectivity index (χ0n) is 11.8. The molecule has 0 aliphatic heterocycles. The van der Waals surface area contributed by atoms with Crippen LogP contribution in [0.4, 0.5) is 0 Å². The van der Waals surface area contributed by atoms with Crippen molar-refractivity contribution in [1.82, 2.24) is 10.1 Å². The molecule has 0 amide bonds. The average molecular weight is 283 g/mol. The van der Waals surface area contributed by atoms with Crippen molar-refractivity contribution >= 4 is 10.8 Å². The lowest BCUT2D eigenvalue weighted by molar-refractivity contribution is 0.102. The average Bonchev–Trinajstić information content (AvgIpc) is 3.00. The van der Waals surface area contributed by atoms with Gasteiger partial charge in [-0.2, -0.15) is 4.98 Å². The monoisotopic (exact) mass is 283 g/mol. The summed E-state index contributed by atoms with van der Waals surface area (Å²) in [5.74, 6) is 1.12. The highest BCUT2D eigenvalue weighted by molar-refractivity contribution is 5.86. The fraction of sp³-hybridized carbons (Fsp3) is 0.250. The Hall–Kier alpha value is -2.24. The molecular formula is C16H17N3O2. The fourth-order valence-corrected chi connectivity index (χ4v) is 2.24. The highest BCUT2D eigenvalue weighted by Gasteiger charge is 2.14. The second-order valence-corrected chi connectivity index (χ2v) is 4.87. The van der Waals surface area contributed by atoms with Crippen molar-refractivity contribution in [3.63, 3.8) is 0 Å². The largest absolute Gasteiger partial charge is 0.380 e. The molecule has 0 aliphatic rings. The zero-order chi connectivity index (χ0) is 14.7. The Bertz CT molecular complexity index is 735. The van der Waals surface area contributed by atoms with Gasteiger partial charge >= 0.3 is 0 Å². The first-order valence-corrected chi connectivity index (χ1v) is 6.85. The Kier molecular flexibility index (Phi) is 3.94. The van der Waals surface area contributed by atoms with Gasteiger partial charge in [0.1, 0.15) is 0 Å². The third-order valence-corrected chi connectivity index (χ3v) is 3.47. The fourth-order valence-electron chi connectivity index (χ4n) is 2.24. The van der Waals surface area contributed by atoms with Crippen molar-refractivity contribution in [3.8, 4) is 11.4 Å². The van der Waals surface area contributed by atoms with E-state index in [9.17, 15) is 0 Å². The standard InChI is InChI=1S/C16H17N3O2/c1-20-14(10-17)9-15-18-16(19-21-15)13-7-6-11-4-2-3-5-12(11)8-13/h2-8,14H,9-10,17H2,1H3. The Labute approximate surface area is 122 Å². The Morgan fingerprint density at radius 1 is 1.19 bits per heavy atom. The van der Waals surface area contributed by atoms with E-state index in [-0.39, 0.29) is 6.10 Å². The molecule has 0 fully saturated rings. The van der Waals surface area contributed by atoms with Crippen LogP contribution in [-0.2, 0) is 11.2 Å². The molecule has 108 valence electrons. The molecule has 0 saturated heterocycles. The van der Waals surface area contributed by atoms with E-state index in [1.165, 1.54) is 5.39 Å². The topological polar surface area (TPSA) is 74.2 Å². The second kappa shape index (κ2) is 6.03. The summed E-state index contributed by atoms with van der Waals surface area (Å²) in [6.07, 6.45) is 0.419. The SMILES string of the molecule is COC(CN)Cc1nc(-c2ccc3ccccc3c2)no1. The van der Waals surface area contributed by atoms with E-state index in [0.29, 0.717) is 24.7 Å². The van der Waals surface area contributed by atoms with Crippen LogP contribution in [0.3, 0.4) is 0 Å². The number of aromatic nitrogens is 2. The molecule has 0 aliphatic carbocycles. The van der Waals surface area contributed by atoms with E-state index < -0.39 is 0 Å². The Morgan fingerprint density at radius 3 is 2.76 bits per heavy atom. The molecule has 0 saturated carbocycles. The number of nitrogens with zero attached hydrogens (tertiary/aromatic N) is 2. The lowest BCUT2D eigenvalue weighted by Crippen LogP contribution is -2.24. The van der Waals surface area contributed by atoms with Gasteiger partial charge in [0.2, 0.25) is 11.7 Å². The van der Waals surface area contributed by atoms with Crippen LogP contribution < -0.4 is 5.73 Å². The summed E-state index contributed by atoms with van der Waals surface area (Å²) >= 11 is 0. The van der Waals surface area contributed by atoms with Gasteiger partial charge in [0.25, 0.3) is 0 Å². The van der Waals surface area contributed by atoms with Gasteiger partial charge in [0, 0.05) is 19.2 Å². The Balaban J connectivity index is 1.87. The van der Waals surface area contributed by atoms with Crippen molar-refractivity contribution in [2.24, 2.45) is 5.73 Å². The highest BCUT2D eigenvalue weighted by atomic mass is 16.5. The maximum absolute atomic E-state index is 5.60. The van der Waals surface area contributed by atoms with Crippen LogP contribution in [0.5, 0.6) is 0 Å². The van der Waals surface area contributed by atoms with Crippen LogP contribution in [0.25, 0.3) is 22.2 Å². The Morgan fingerprint density at radius 2 is 2.00 bits per heavy atom. The molecule has 5 heteroatoms. The molecule has 0 radical (unpaired) electrons. The van der Waals surface area contributed by atoms with Crippen LogP contribution >= 0.6 is 0 Å². The number of hydrogen-bond donors (Lipinski definition) is 1. The minimum atomic E-state index is -0.102. The third-order valence-electron chi connectivity index (χ3n) is 3.47. The number of methoxy groups -OCH3 is 1. The van der Waals surface area contributed by atoms with Crippen LogP contribution in [0.2, 0.25) is 0 Å². The molecule has 1 heterocycles. The number of rotatable bonds is 5. The number of benzene rings is 2. The summed E-state index contributed by atoms with van der Waals surface area (Å²) in [6, 6.07) is 14.3. The summed E-state index contributed by atoms with van der Waals surface area (Å²) in [7, 11) is 1.62. The molecule has 5 nitrogen and oxygen atoms in total. The minimum Gasteiger partial charge on any atom is -0.380 e. The summed E-state index contributed by atoms with van der Waals surface area (Å²) in [5.41, 5.74) is 6.53. The highest BCUT2D eigenvalue weighted by Crippen LogP contribution is 2.22. The van der Waals surface area contributed by atoms with E-state index in [1.54, 1.807) is 7.11 Å². The summed E-state index contributed by atoms with van der Waals surface area (Å²) in [6.45, 7) is 0.421. The van der Waals surface area contributed by atoms with Gasteiger partial charge in [0.05, 0.1) is 12.5 Å². The smallest absolute Gasteiger partial charge is 0.229 e. The van der Waals surface area contributed by atoms with Crippen LogP contribution in [0, 0.1) is 0 Å². The normalized spacial score (nSPS) is 12.7. The molecule has 2 N–H and O–H groups in total. The molecule has 21 heavy (non-hydrogen) atoms. The van der Waals surface area contributed by atoms with Gasteiger partial charge in [-0.3, -0.25) is 0 Å². The van der Waals surface area contributed by atoms with Crippen molar-refractivity contribution in [3.05, 3.63) is 48.4 Å². The first kappa shape index (κ1) is 13.7. The zero-order valence-corrected chi connectivity index (χ0v) is 11.8. The summed E-state index contributed by atoms with van der Waals surface area (Å²) in [4.78, 5) is 4.41. The number of hydrogen-bond acceptors (Lipinski definition) is 5. The van der Waals surface area contributed by atoms with E-state index in [2.05, 4.69) is 34.4 Å². The quantitative estimate of drug-likeness (QED) is 0.778. The van der Waals surface area contributed by atoms with E-state index in [1.807, 2.05) is 18.2 Å². The van der Waals surface area contributed by atoms with E-state index in [0.717, 1.165) is 10.9 Å². The molecule has 0 bridgehead atoms. The van der Waals surface area contributed by atoms with Crippen molar-refractivity contribution < 1.29 is 9.26 Å². The van der Waals surface area contributed by atoms with Gasteiger partial charge in [-0.05, 0) is 16.8 Å². The predicted molar refractivity (Wildman–Crippen MR) is 80.8 cm³/mol. The minimum absolute atomic E-state index is 0.102. The van der Waals surface area contributed by atoms with E-state index >= 15 is 0 Å². The van der Waals surface area contributed by atoms with Crippen molar-refractivity contribution in [2.45, 2.75) is 12.5 Å². The van der Waals surface area contributed by atoms with Gasteiger partial charge in [-0.25, -0.2) is 0 Å². The molecule has 3 aromatic rings. The number of fused-ring (bicyclic) bond motifs is 1. The second-order valence-electron chi connectivity index (χ2n) is 4.87. The van der Waals surface area contributed by atoms with Crippen LogP contribution in [0.1, 0.15) is 5.89 Å². The lowest BCUT2D eigenvalue weighted by Gasteiger charge is -2.08. The summed E-state index contributed by atoms with van der Waals surface area (Å²) < 4.78 is 10.5.